The van der Waals surface area contributed by atoms with E-state index >= 15 is 0 Å². The van der Waals surface area contributed by atoms with Gasteiger partial charge in [0.05, 0.1) is 17.4 Å². The van der Waals surface area contributed by atoms with Gasteiger partial charge in [0.1, 0.15) is 6.61 Å². The van der Waals surface area contributed by atoms with Gasteiger partial charge in [0.15, 0.2) is 0 Å². The van der Waals surface area contributed by atoms with Crippen molar-refractivity contribution >= 4 is 18.0 Å². The molecular formula is C27H30N2O6. The third-order valence-electron chi connectivity index (χ3n) is 7.57. The first-order valence-electron chi connectivity index (χ1n) is 12.1. The summed E-state index contributed by atoms with van der Waals surface area (Å²) in [6.07, 6.45) is 1.50. The van der Waals surface area contributed by atoms with Crippen LogP contribution in [0.15, 0.2) is 48.5 Å². The molecule has 8 heteroatoms. The van der Waals surface area contributed by atoms with Gasteiger partial charge in [-0.1, -0.05) is 48.5 Å². The van der Waals surface area contributed by atoms with E-state index in [4.69, 9.17) is 9.47 Å². The summed E-state index contributed by atoms with van der Waals surface area (Å²) in [6, 6.07) is 16.3. The minimum Gasteiger partial charge on any atom is -0.481 e. The smallest absolute Gasteiger partial charge is 0.407 e. The Bertz CT molecular complexity index is 1090. The maximum atomic E-state index is 13.1. The number of carboxylic acids is 1. The van der Waals surface area contributed by atoms with E-state index in [-0.39, 0.29) is 31.4 Å². The molecule has 2 aromatic rings. The molecule has 0 unspecified atom stereocenters. The lowest BCUT2D eigenvalue weighted by molar-refractivity contribution is -0.141. The lowest BCUT2D eigenvalue weighted by atomic mass is 9.85. The van der Waals surface area contributed by atoms with Gasteiger partial charge < -0.3 is 25.2 Å². The Hall–Kier alpha value is -3.39. The van der Waals surface area contributed by atoms with E-state index in [0.29, 0.717) is 38.9 Å². The number of hydrogen-bond donors (Lipinski definition) is 3. The highest BCUT2D eigenvalue weighted by molar-refractivity contribution is 5.87. The number of carbonyl (C=O) groups excluding carboxylic acids is 2. The van der Waals surface area contributed by atoms with E-state index in [0.717, 1.165) is 22.3 Å². The first-order chi connectivity index (χ1) is 16.9. The number of benzene rings is 2. The molecule has 1 heterocycles. The van der Waals surface area contributed by atoms with E-state index in [1.807, 2.05) is 24.3 Å². The molecule has 0 radical (unpaired) electrons. The molecule has 0 aromatic heterocycles. The standard InChI is InChI=1S/C27H30N2O6/c30-23(31)15-27(11-13-34-14-12-27)29-24(32)26(9-10-26)17-28-25(33)35-16-22-20-7-3-1-5-18(20)19-6-2-4-8-21(19)22/h1-8,22H,9-17H2,(H,28,33)(H,29,32)(H,30,31). The molecule has 35 heavy (non-hydrogen) atoms. The zero-order valence-electron chi connectivity index (χ0n) is 19.5. The third-order valence-corrected chi connectivity index (χ3v) is 7.57. The molecule has 0 spiro atoms. The number of nitrogens with one attached hydrogen (secondary N) is 2. The van der Waals surface area contributed by atoms with Crippen LogP contribution in [-0.2, 0) is 19.1 Å². The fourth-order valence-corrected chi connectivity index (χ4v) is 5.30. The monoisotopic (exact) mass is 478 g/mol. The number of amides is 2. The molecule has 0 atom stereocenters. The number of carboxylic acid groups (broad SMARTS) is 1. The molecule has 2 aliphatic carbocycles. The number of hydrogen-bond acceptors (Lipinski definition) is 5. The number of ether oxygens (including phenoxy) is 2. The van der Waals surface area contributed by atoms with Crippen LogP contribution in [0.3, 0.4) is 0 Å². The minimum atomic E-state index is -0.950. The summed E-state index contributed by atoms with van der Waals surface area (Å²) in [5, 5.41) is 15.1. The first-order valence-corrected chi connectivity index (χ1v) is 12.1. The quantitative estimate of drug-likeness (QED) is 0.536. The number of aliphatic carboxylic acids is 1. The van der Waals surface area contributed by atoms with E-state index in [1.165, 1.54) is 0 Å². The molecule has 1 saturated heterocycles. The van der Waals surface area contributed by atoms with Crippen LogP contribution in [0.1, 0.15) is 49.1 Å². The maximum absolute atomic E-state index is 13.1. The van der Waals surface area contributed by atoms with Gasteiger partial charge in [-0.2, -0.15) is 0 Å². The van der Waals surface area contributed by atoms with Gasteiger partial charge in [-0.05, 0) is 47.9 Å². The average molecular weight is 479 g/mol. The van der Waals surface area contributed by atoms with Gasteiger partial charge in [-0.25, -0.2) is 4.79 Å². The van der Waals surface area contributed by atoms with Crippen LogP contribution in [0.2, 0.25) is 0 Å². The van der Waals surface area contributed by atoms with Crippen molar-refractivity contribution in [3.05, 3.63) is 59.7 Å². The summed E-state index contributed by atoms with van der Waals surface area (Å²) in [6.45, 7) is 1.20. The van der Waals surface area contributed by atoms with Crippen molar-refractivity contribution in [1.29, 1.82) is 0 Å². The summed E-state index contributed by atoms with van der Waals surface area (Å²) in [5.74, 6) is -1.19. The Labute approximate surface area is 204 Å². The fraction of sp³-hybridized carbons (Fsp3) is 0.444. The highest BCUT2D eigenvalue weighted by atomic mass is 16.5. The summed E-state index contributed by atoms with van der Waals surface area (Å²) in [5.41, 5.74) is 3.08. The van der Waals surface area contributed by atoms with Crippen LogP contribution in [0.4, 0.5) is 4.79 Å². The summed E-state index contributed by atoms with van der Waals surface area (Å²) < 4.78 is 11.0. The van der Waals surface area contributed by atoms with E-state index in [2.05, 4.69) is 34.9 Å². The van der Waals surface area contributed by atoms with Gasteiger partial charge in [-0.3, -0.25) is 9.59 Å². The number of carbonyl (C=O) groups is 3. The lowest BCUT2D eigenvalue weighted by Gasteiger charge is -2.38. The second-order valence-electron chi connectivity index (χ2n) is 9.88. The van der Waals surface area contributed by atoms with E-state index in [1.54, 1.807) is 0 Å². The van der Waals surface area contributed by atoms with Crippen molar-refractivity contribution in [2.75, 3.05) is 26.4 Å². The topological polar surface area (TPSA) is 114 Å². The lowest BCUT2D eigenvalue weighted by Crippen LogP contribution is -2.56. The molecule has 1 saturated carbocycles. The molecule has 5 rings (SSSR count). The minimum absolute atomic E-state index is 0.0317. The van der Waals surface area contributed by atoms with Crippen LogP contribution >= 0.6 is 0 Å². The molecule has 0 bridgehead atoms. The van der Waals surface area contributed by atoms with Crippen LogP contribution in [0.25, 0.3) is 11.1 Å². The van der Waals surface area contributed by atoms with E-state index in [9.17, 15) is 19.5 Å². The summed E-state index contributed by atoms with van der Waals surface area (Å²) in [7, 11) is 0. The van der Waals surface area contributed by atoms with Gasteiger partial charge in [0.2, 0.25) is 5.91 Å². The van der Waals surface area contributed by atoms with Crippen LogP contribution in [-0.4, -0.2) is 55.0 Å². The molecule has 3 aliphatic rings. The van der Waals surface area contributed by atoms with E-state index < -0.39 is 23.0 Å². The summed E-state index contributed by atoms with van der Waals surface area (Å²) in [4.78, 5) is 37.1. The fourth-order valence-electron chi connectivity index (χ4n) is 5.30. The highest BCUT2D eigenvalue weighted by Crippen LogP contribution is 2.46. The van der Waals surface area contributed by atoms with Gasteiger partial charge in [0.25, 0.3) is 0 Å². The predicted octanol–water partition coefficient (Wildman–Crippen LogP) is 3.45. The SMILES string of the molecule is O=C(O)CC1(NC(=O)C2(CNC(=O)OCC3c4ccccc4-c4ccccc43)CC2)CCOCC1. The van der Waals surface area contributed by atoms with Crippen molar-refractivity contribution in [2.45, 2.75) is 43.6 Å². The maximum Gasteiger partial charge on any atom is 0.407 e. The first kappa shape index (κ1) is 23.4. The third kappa shape index (κ3) is 4.75. The highest BCUT2D eigenvalue weighted by Gasteiger charge is 2.52. The van der Waals surface area contributed by atoms with Crippen molar-refractivity contribution < 1.29 is 29.0 Å². The predicted molar refractivity (Wildman–Crippen MR) is 128 cm³/mol. The molecule has 8 nitrogen and oxygen atoms in total. The Morgan fingerprint density at radius 2 is 1.54 bits per heavy atom. The Morgan fingerprint density at radius 1 is 0.943 bits per heavy atom. The molecule has 2 amide bonds. The van der Waals surface area contributed by atoms with Crippen LogP contribution in [0.5, 0.6) is 0 Å². The Balaban J connectivity index is 1.17. The normalized spacial score (nSPS) is 19.2. The van der Waals surface area contributed by atoms with Crippen molar-refractivity contribution in [3.8, 4) is 11.1 Å². The number of rotatable bonds is 8. The van der Waals surface area contributed by atoms with Gasteiger partial charge >= 0.3 is 12.1 Å². The van der Waals surface area contributed by atoms with Crippen LogP contribution < -0.4 is 10.6 Å². The van der Waals surface area contributed by atoms with Gasteiger partial charge in [0, 0.05) is 25.7 Å². The second kappa shape index (κ2) is 9.34. The van der Waals surface area contributed by atoms with Crippen molar-refractivity contribution in [1.82, 2.24) is 10.6 Å². The molecule has 2 aromatic carbocycles. The van der Waals surface area contributed by atoms with Crippen LogP contribution in [0, 0.1) is 5.41 Å². The van der Waals surface area contributed by atoms with Gasteiger partial charge in [-0.15, -0.1) is 0 Å². The zero-order valence-corrected chi connectivity index (χ0v) is 19.5. The zero-order chi connectivity index (χ0) is 24.5. The largest absolute Gasteiger partial charge is 0.481 e. The van der Waals surface area contributed by atoms with Crippen molar-refractivity contribution in [2.24, 2.45) is 5.41 Å². The number of fused-ring (bicyclic) bond motifs is 3. The summed E-state index contributed by atoms with van der Waals surface area (Å²) >= 11 is 0. The molecule has 3 N–H and O–H groups in total. The Morgan fingerprint density at radius 3 is 2.11 bits per heavy atom. The average Bonchev–Trinajstić information content (AvgIpc) is 3.58. The molecule has 1 aliphatic heterocycles. The Kier molecular flexibility index (Phi) is 6.23. The second-order valence-corrected chi connectivity index (χ2v) is 9.88. The molecule has 184 valence electrons. The van der Waals surface area contributed by atoms with Crippen molar-refractivity contribution in [3.63, 3.8) is 0 Å². The molecule has 2 fully saturated rings. The number of alkyl carbamates (subject to hydrolysis) is 1. The molecular weight excluding hydrogens is 448 g/mol.